The molecule has 1 aromatic heterocycles. The van der Waals surface area contributed by atoms with Gasteiger partial charge in [0.15, 0.2) is 0 Å². The van der Waals surface area contributed by atoms with Crippen molar-refractivity contribution in [3.8, 4) is 0 Å². The number of nitrogens with zero attached hydrogens (tertiary/aromatic N) is 4. The largest absolute Gasteiger partial charge is 0.350 e. The number of nitrogens with one attached hydrogen (secondary N) is 1. The first-order chi connectivity index (χ1) is 11.4. The number of hydrogen-bond donors (Lipinski definition) is 1. The SMILES string of the molecule is CC(C)n1ccc(C(=O)NCC2CCN(CC(=O)N(C)C)CC2)n1. The number of rotatable bonds is 6. The summed E-state index contributed by atoms with van der Waals surface area (Å²) in [5.74, 6) is 0.494. The maximum atomic E-state index is 12.2. The highest BCUT2D eigenvalue weighted by Gasteiger charge is 2.22. The van der Waals surface area contributed by atoms with Crippen molar-refractivity contribution in [2.75, 3.05) is 40.3 Å². The molecule has 1 N–H and O–H groups in total. The molecule has 2 heterocycles. The van der Waals surface area contributed by atoms with Crippen molar-refractivity contribution >= 4 is 11.8 Å². The molecule has 24 heavy (non-hydrogen) atoms. The van der Waals surface area contributed by atoms with Crippen LogP contribution in [-0.4, -0.2) is 71.7 Å². The molecule has 2 amide bonds. The van der Waals surface area contributed by atoms with Crippen LogP contribution in [0, 0.1) is 5.92 Å². The minimum atomic E-state index is -0.111. The highest BCUT2D eigenvalue weighted by atomic mass is 16.2. The van der Waals surface area contributed by atoms with Gasteiger partial charge in [0.05, 0.1) is 6.54 Å². The van der Waals surface area contributed by atoms with E-state index in [4.69, 9.17) is 0 Å². The van der Waals surface area contributed by atoms with Crippen molar-refractivity contribution < 1.29 is 9.59 Å². The summed E-state index contributed by atoms with van der Waals surface area (Å²) in [6, 6.07) is 2.01. The van der Waals surface area contributed by atoms with E-state index in [-0.39, 0.29) is 17.9 Å². The van der Waals surface area contributed by atoms with Gasteiger partial charge in [-0.05, 0) is 51.8 Å². The lowest BCUT2D eigenvalue weighted by Gasteiger charge is -2.32. The van der Waals surface area contributed by atoms with Gasteiger partial charge < -0.3 is 10.2 Å². The summed E-state index contributed by atoms with van der Waals surface area (Å²) in [4.78, 5) is 27.7. The molecule has 2 rings (SSSR count). The van der Waals surface area contributed by atoms with Crippen LogP contribution >= 0.6 is 0 Å². The zero-order chi connectivity index (χ0) is 17.7. The number of piperidine rings is 1. The second-order valence-electron chi connectivity index (χ2n) is 6.99. The Kier molecular flexibility index (Phi) is 6.36. The first kappa shape index (κ1) is 18.4. The van der Waals surface area contributed by atoms with Gasteiger partial charge in [-0.1, -0.05) is 0 Å². The average Bonchev–Trinajstić information content (AvgIpc) is 3.04. The highest BCUT2D eigenvalue weighted by Crippen LogP contribution is 2.16. The maximum absolute atomic E-state index is 12.2. The predicted molar refractivity (Wildman–Crippen MR) is 92.8 cm³/mol. The van der Waals surface area contributed by atoms with Gasteiger partial charge in [0.2, 0.25) is 5.91 Å². The van der Waals surface area contributed by atoms with E-state index >= 15 is 0 Å². The van der Waals surface area contributed by atoms with Crippen LogP contribution < -0.4 is 5.32 Å². The number of amides is 2. The van der Waals surface area contributed by atoms with Crippen LogP contribution in [0.4, 0.5) is 0 Å². The van der Waals surface area contributed by atoms with Crippen LogP contribution in [0.3, 0.4) is 0 Å². The molecule has 134 valence electrons. The Morgan fingerprint density at radius 1 is 1.33 bits per heavy atom. The molecule has 1 aliphatic heterocycles. The topological polar surface area (TPSA) is 70.5 Å². The molecular formula is C17H29N5O2. The first-order valence-electron chi connectivity index (χ1n) is 8.62. The van der Waals surface area contributed by atoms with Crippen LogP contribution in [0.2, 0.25) is 0 Å². The Bertz CT molecular complexity index is 559. The molecule has 1 fully saturated rings. The van der Waals surface area contributed by atoms with E-state index in [0.29, 0.717) is 24.7 Å². The van der Waals surface area contributed by atoms with Crippen LogP contribution in [0.15, 0.2) is 12.3 Å². The van der Waals surface area contributed by atoms with E-state index < -0.39 is 0 Å². The normalized spacial score (nSPS) is 16.4. The van der Waals surface area contributed by atoms with Crippen LogP contribution in [0.25, 0.3) is 0 Å². The third-order valence-corrected chi connectivity index (χ3v) is 4.49. The molecule has 0 spiro atoms. The molecule has 1 aromatic rings. The molecule has 0 aromatic carbocycles. The van der Waals surface area contributed by atoms with Gasteiger partial charge in [0.25, 0.3) is 5.91 Å². The highest BCUT2D eigenvalue weighted by molar-refractivity contribution is 5.92. The lowest BCUT2D eigenvalue weighted by Crippen LogP contribution is -2.43. The molecular weight excluding hydrogens is 306 g/mol. The summed E-state index contributed by atoms with van der Waals surface area (Å²) in [5.41, 5.74) is 0.470. The van der Waals surface area contributed by atoms with Crippen LogP contribution in [0.5, 0.6) is 0 Å². The Morgan fingerprint density at radius 3 is 2.54 bits per heavy atom. The van der Waals surface area contributed by atoms with Crippen LogP contribution in [0.1, 0.15) is 43.2 Å². The zero-order valence-electron chi connectivity index (χ0n) is 15.2. The third kappa shape index (κ3) is 5.06. The third-order valence-electron chi connectivity index (χ3n) is 4.49. The summed E-state index contributed by atoms with van der Waals surface area (Å²) >= 11 is 0. The fourth-order valence-electron chi connectivity index (χ4n) is 2.76. The first-order valence-corrected chi connectivity index (χ1v) is 8.62. The molecule has 0 atom stereocenters. The predicted octanol–water partition coefficient (Wildman–Crippen LogP) is 0.994. The van der Waals surface area contributed by atoms with Crippen molar-refractivity contribution in [1.82, 2.24) is 24.9 Å². The fourth-order valence-corrected chi connectivity index (χ4v) is 2.76. The smallest absolute Gasteiger partial charge is 0.271 e. The summed E-state index contributed by atoms with van der Waals surface area (Å²) < 4.78 is 1.79. The van der Waals surface area contributed by atoms with Gasteiger partial charge in [-0.15, -0.1) is 0 Å². The quantitative estimate of drug-likeness (QED) is 0.842. The van der Waals surface area contributed by atoms with Crippen molar-refractivity contribution in [1.29, 1.82) is 0 Å². The van der Waals surface area contributed by atoms with Crippen LogP contribution in [-0.2, 0) is 4.79 Å². The molecule has 7 nitrogen and oxygen atoms in total. The second kappa shape index (κ2) is 8.28. The van der Waals surface area contributed by atoms with Gasteiger partial charge in [0, 0.05) is 32.9 Å². The van der Waals surface area contributed by atoms with Gasteiger partial charge >= 0.3 is 0 Å². The van der Waals surface area contributed by atoms with Crippen molar-refractivity contribution in [2.45, 2.75) is 32.7 Å². The molecule has 0 saturated carbocycles. The maximum Gasteiger partial charge on any atom is 0.271 e. The van der Waals surface area contributed by atoms with Gasteiger partial charge in [-0.2, -0.15) is 5.10 Å². The monoisotopic (exact) mass is 335 g/mol. The molecule has 0 unspecified atom stereocenters. The van der Waals surface area contributed by atoms with E-state index in [1.807, 2.05) is 20.0 Å². The van der Waals surface area contributed by atoms with Crippen molar-refractivity contribution in [2.24, 2.45) is 5.92 Å². The zero-order valence-corrected chi connectivity index (χ0v) is 15.2. The number of carbonyl (C=O) groups excluding carboxylic acids is 2. The number of likely N-dealkylation sites (tertiary alicyclic amines) is 1. The van der Waals surface area contributed by atoms with E-state index in [2.05, 4.69) is 15.3 Å². The number of aromatic nitrogens is 2. The van der Waals surface area contributed by atoms with Crippen molar-refractivity contribution in [3.63, 3.8) is 0 Å². The van der Waals surface area contributed by atoms with E-state index in [1.165, 1.54) is 0 Å². The lowest BCUT2D eigenvalue weighted by atomic mass is 9.96. The summed E-state index contributed by atoms with van der Waals surface area (Å²) in [5, 5.41) is 7.28. The Hall–Kier alpha value is -1.89. The summed E-state index contributed by atoms with van der Waals surface area (Å²) in [6.45, 7) is 7.03. The molecule has 7 heteroatoms. The van der Waals surface area contributed by atoms with Crippen molar-refractivity contribution in [3.05, 3.63) is 18.0 Å². The number of carbonyl (C=O) groups is 2. The number of hydrogen-bond acceptors (Lipinski definition) is 4. The summed E-state index contributed by atoms with van der Waals surface area (Å²) in [6.07, 6.45) is 3.84. The molecule has 0 bridgehead atoms. The van der Waals surface area contributed by atoms with Gasteiger partial charge in [-0.25, -0.2) is 0 Å². The Morgan fingerprint density at radius 2 is 2.00 bits per heavy atom. The minimum Gasteiger partial charge on any atom is -0.350 e. The standard InChI is InChI=1S/C17H29N5O2/c1-13(2)22-10-7-15(19-22)17(24)18-11-14-5-8-21(9-6-14)12-16(23)20(3)4/h7,10,13-14H,5-6,8-9,11-12H2,1-4H3,(H,18,24). The van der Waals surface area contributed by atoms with Gasteiger partial charge in [-0.3, -0.25) is 19.2 Å². The fraction of sp³-hybridized carbons (Fsp3) is 0.706. The average molecular weight is 335 g/mol. The number of likely N-dealkylation sites (N-methyl/N-ethyl adjacent to an activating group) is 1. The van der Waals surface area contributed by atoms with E-state index in [1.54, 1.807) is 29.7 Å². The van der Waals surface area contributed by atoms with E-state index in [9.17, 15) is 9.59 Å². The minimum absolute atomic E-state index is 0.111. The lowest BCUT2D eigenvalue weighted by molar-refractivity contribution is -0.130. The summed E-state index contributed by atoms with van der Waals surface area (Å²) in [7, 11) is 3.57. The molecule has 1 aliphatic rings. The molecule has 0 aliphatic carbocycles. The van der Waals surface area contributed by atoms with E-state index in [0.717, 1.165) is 25.9 Å². The Labute approximate surface area is 144 Å². The Balaban J connectivity index is 1.72. The molecule has 1 saturated heterocycles. The molecule has 0 radical (unpaired) electrons. The van der Waals surface area contributed by atoms with Gasteiger partial charge in [0.1, 0.15) is 5.69 Å². The second-order valence-corrected chi connectivity index (χ2v) is 6.99.